The predicted octanol–water partition coefficient (Wildman–Crippen LogP) is 0.136. The van der Waals surface area contributed by atoms with E-state index < -0.39 is 9.84 Å². The van der Waals surface area contributed by atoms with Crippen LogP contribution in [0.15, 0.2) is 0 Å². The van der Waals surface area contributed by atoms with Gasteiger partial charge in [-0.05, 0) is 6.42 Å². The zero-order chi connectivity index (χ0) is 11.9. The van der Waals surface area contributed by atoms with E-state index in [1.165, 1.54) is 6.92 Å². The molecule has 1 aromatic heterocycles. The summed E-state index contributed by atoms with van der Waals surface area (Å²) in [6.45, 7) is 1.46. The molecular weight excluding hydrogens is 228 g/mol. The molecule has 1 aliphatic heterocycles. The van der Waals surface area contributed by atoms with Gasteiger partial charge in [-0.15, -0.1) is 0 Å². The minimum Gasteiger partial charge on any atom is -0.293 e. The lowest BCUT2D eigenvalue weighted by Gasteiger charge is -1.99. The number of Topliss-reactive ketones (excluding diaryl/α,β-unsaturated/α-hetero) is 1. The molecule has 0 aliphatic carbocycles. The largest absolute Gasteiger partial charge is 0.293 e. The van der Waals surface area contributed by atoms with Crippen LogP contribution in [0.4, 0.5) is 0 Å². The lowest BCUT2D eigenvalue weighted by Crippen LogP contribution is -2.12. The molecule has 1 aromatic rings. The van der Waals surface area contributed by atoms with Gasteiger partial charge in [0.25, 0.3) is 0 Å². The number of rotatable bonds is 1. The van der Waals surface area contributed by atoms with Crippen molar-refractivity contribution in [2.24, 2.45) is 7.05 Å². The van der Waals surface area contributed by atoms with Gasteiger partial charge in [-0.2, -0.15) is 5.10 Å². The maximum Gasteiger partial charge on any atom is 0.180 e. The van der Waals surface area contributed by atoms with Crippen LogP contribution in [0, 0.1) is 0 Å². The van der Waals surface area contributed by atoms with Crippen LogP contribution in [-0.4, -0.2) is 35.5 Å². The SMILES string of the molecule is CC(=O)c1nn(C)c2c1CCS(=O)(=O)CC2. The molecule has 2 heterocycles. The van der Waals surface area contributed by atoms with E-state index in [2.05, 4.69) is 5.10 Å². The second-order valence-corrected chi connectivity index (χ2v) is 6.41. The fourth-order valence-corrected chi connectivity index (χ4v) is 3.30. The first kappa shape index (κ1) is 11.3. The maximum atomic E-state index is 11.5. The van der Waals surface area contributed by atoms with Crippen molar-refractivity contribution in [2.45, 2.75) is 19.8 Å². The first-order chi connectivity index (χ1) is 7.41. The molecule has 0 atom stereocenters. The molecule has 5 nitrogen and oxygen atoms in total. The molecular formula is C10H14N2O3S. The van der Waals surface area contributed by atoms with Gasteiger partial charge in [0.1, 0.15) is 5.69 Å². The van der Waals surface area contributed by atoms with Crippen molar-refractivity contribution in [2.75, 3.05) is 11.5 Å². The molecule has 0 saturated carbocycles. The normalized spacial score (nSPS) is 18.9. The quantitative estimate of drug-likeness (QED) is 0.657. The zero-order valence-corrected chi connectivity index (χ0v) is 10.2. The average Bonchev–Trinajstić information content (AvgIpc) is 2.40. The number of sulfone groups is 1. The molecule has 6 heteroatoms. The highest BCUT2D eigenvalue weighted by molar-refractivity contribution is 7.91. The Morgan fingerprint density at radius 3 is 2.56 bits per heavy atom. The highest BCUT2D eigenvalue weighted by atomic mass is 32.2. The van der Waals surface area contributed by atoms with Crippen LogP contribution in [0.5, 0.6) is 0 Å². The molecule has 0 radical (unpaired) electrons. The van der Waals surface area contributed by atoms with Crippen molar-refractivity contribution in [3.05, 3.63) is 17.0 Å². The first-order valence-electron chi connectivity index (χ1n) is 5.17. The summed E-state index contributed by atoms with van der Waals surface area (Å²) in [5.74, 6) is 0.166. The average molecular weight is 242 g/mol. The Labute approximate surface area is 94.4 Å². The fourth-order valence-electron chi connectivity index (χ4n) is 2.07. The molecule has 0 amide bonds. The molecule has 0 unspecified atom stereocenters. The molecule has 88 valence electrons. The summed E-state index contributed by atoms with van der Waals surface area (Å²) >= 11 is 0. The summed E-state index contributed by atoms with van der Waals surface area (Å²) in [5.41, 5.74) is 2.12. The van der Waals surface area contributed by atoms with Crippen molar-refractivity contribution in [3.63, 3.8) is 0 Å². The van der Waals surface area contributed by atoms with Crippen molar-refractivity contribution in [1.29, 1.82) is 0 Å². The fraction of sp³-hybridized carbons (Fsp3) is 0.600. The minimum atomic E-state index is -2.97. The summed E-state index contributed by atoms with van der Waals surface area (Å²) in [5, 5.41) is 4.15. The third-order valence-electron chi connectivity index (χ3n) is 2.92. The molecule has 0 bridgehead atoms. The first-order valence-corrected chi connectivity index (χ1v) is 6.99. The number of carbonyl (C=O) groups excluding carboxylic acids is 1. The molecule has 0 fully saturated rings. The van der Waals surface area contributed by atoms with Gasteiger partial charge >= 0.3 is 0 Å². The van der Waals surface area contributed by atoms with Crippen molar-refractivity contribution >= 4 is 15.6 Å². The Hall–Kier alpha value is -1.17. The summed E-state index contributed by atoms with van der Waals surface area (Å²) in [7, 11) is -1.22. The third-order valence-corrected chi connectivity index (χ3v) is 4.57. The number of carbonyl (C=O) groups is 1. The van der Waals surface area contributed by atoms with E-state index in [4.69, 9.17) is 0 Å². The monoisotopic (exact) mass is 242 g/mol. The van der Waals surface area contributed by atoms with E-state index in [0.717, 1.165) is 11.3 Å². The molecule has 0 spiro atoms. The number of hydrogen-bond donors (Lipinski definition) is 0. The summed E-state index contributed by atoms with van der Waals surface area (Å²) < 4.78 is 24.7. The van der Waals surface area contributed by atoms with Crippen LogP contribution in [-0.2, 0) is 29.7 Å². The van der Waals surface area contributed by atoms with E-state index in [0.29, 0.717) is 18.5 Å². The van der Waals surface area contributed by atoms with Gasteiger partial charge in [-0.1, -0.05) is 0 Å². The van der Waals surface area contributed by atoms with Crippen LogP contribution in [0.2, 0.25) is 0 Å². The number of fused-ring (bicyclic) bond motifs is 1. The van der Waals surface area contributed by atoms with Crippen LogP contribution in [0.3, 0.4) is 0 Å². The molecule has 0 N–H and O–H groups in total. The third kappa shape index (κ3) is 1.89. The molecule has 0 saturated heterocycles. The number of hydrogen-bond acceptors (Lipinski definition) is 4. The van der Waals surface area contributed by atoms with Gasteiger partial charge in [-0.3, -0.25) is 9.48 Å². The van der Waals surface area contributed by atoms with Gasteiger partial charge in [0.15, 0.2) is 15.6 Å². The highest BCUT2D eigenvalue weighted by Gasteiger charge is 2.25. The van der Waals surface area contributed by atoms with Crippen LogP contribution in [0.1, 0.15) is 28.7 Å². The Balaban J connectivity index is 2.50. The van der Waals surface area contributed by atoms with Gasteiger partial charge in [0, 0.05) is 31.6 Å². The lowest BCUT2D eigenvalue weighted by molar-refractivity contribution is 0.101. The van der Waals surface area contributed by atoms with E-state index in [1.807, 2.05) is 0 Å². The van der Waals surface area contributed by atoms with E-state index in [1.54, 1.807) is 11.7 Å². The molecule has 0 aromatic carbocycles. The Kier molecular flexibility index (Phi) is 2.61. The second-order valence-electron chi connectivity index (χ2n) is 4.11. The summed E-state index contributed by atoms with van der Waals surface area (Å²) in [6.07, 6.45) is 0.856. The van der Waals surface area contributed by atoms with Crippen LogP contribution < -0.4 is 0 Å². The van der Waals surface area contributed by atoms with Crippen LogP contribution in [0.25, 0.3) is 0 Å². The number of nitrogens with zero attached hydrogens (tertiary/aromatic N) is 2. The van der Waals surface area contributed by atoms with Crippen molar-refractivity contribution in [1.82, 2.24) is 9.78 Å². The lowest BCUT2D eigenvalue weighted by atomic mass is 10.1. The van der Waals surface area contributed by atoms with Gasteiger partial charge < -0.3 is 0 Å². The van der Waals surface area contributed by atoms with E-state index in [9.17, 15) is 13.2 Å². The summed E-state index contributed by atoms with van der Waals surface area (Å²) in [6, 6.07) is 0. The minimum absolute atomic E-state index is 0.101. The second kappa shape index (κ2) is 3.69. The standard InChI is InChI=1S/C10H14N2O3S/c1-7(13)10-8-3-5-16(14,15)6-4-9(8)12(2)11-10/h3-6H2,1-2H3. The zero-order valence-electron chi connectivity index (χ0n) is 9.36. The van der Waals surface area contributed by atoms with Gasteiger partial charge in [0.2, 0.25) is 0 Å². The van der Waals surface area contributed by atoms with E-state index in [-0.39, 0.29) is 17.3 Å². The molecule has 16 heavy (non-hydrogen) atoms. The molecule has 1 aliphatic rings. The maximum absolute atomic E-state index is 11.5. The van der Waals surface area contributed by atoms with Gasteiger partial charge in [-0.25, -0.2) is 8.42 Å². The Bertz CT molecular complexity index is 543. The topological polar surface area (TPSA) is 69.0 Å². The number of aryl methyl sites for hydroxylation is 1. The smallest absolute Gasteiger partial charge is 0.180 e. The van der Waals surface area contributed by atoms with Crippen LogP contribution >= 0.6 is 0 Å². The molecule has 2 rings (SSSR count). The van der Waals surface area contributed by atoms with Crippen molar-refractivity contribution in [3.8, 4) is 0 Å². The Morgan fingerprint density at radius 2 is 1.94 bits per heavy atom. The predicted molar refractivity (Wildman–Crippen MR) is 59.3 cm³/mol. The van der Waals surface area contributed by atoms with E-state index >= 15 is 0 Å². The highest BCUT2D eigenvalue weighted by Crippen LogP contribution is 2.20. The number of aromatic nitrogens is 2. The van der Waals surface area contributed by atoms with Crippen molar-refractivity contribution < 1.29 is 13.2 Å². The summed E-state index contributed by atoms with van der Waals surface area (Å²) in [4.78, 5) is 11.4. The Morgan fingerprint density at radius 1 is 1.31 bits per heavy atom. The number of ketones is 1. The van der Waals surface area contributed by atoms with Gasteiger partial charge in [0.05, 0.1) is 11.5 Å².